The molecule has 0 aromatic carbocycles. The molecule has 0 spiro atoms. The van der Waals surface area contributed by atoms with Crippen LogP contribution in [0.1, 0.15) is 19.3 Å². The lowest BCUT2D eigenvalue weighted by atomic mass is 10.2. The molecule has 1 fully saturated rings. The van der Waals surface area contributed by atoms with E-state index in [9.17, 15) is 4.79 Å². The number of hydrogen-bond donors (Lipinski definition) is 1. The van der Waals surface area contributed by atoms with Crippen molar-refractivity contribution >= 4 is 11.8 Å². The second-order valence-corrected chi connectivity index (χ2v) is 4.81. The summed E-state index contributed by atoms with van der Waals surface area (Å²) >= 11 is 2.00. The van der Waals surface area contributed by atoms with E-state index in [-0.39, 0.29) is 5.69 Å². The number of aromatic nitrogens is 2. The molecule has 0 bridgehead atoms. The normalized spacial score (nSPS) is 23.2. The quantitative estimate of drug-likeness (QED) is 0.781. The Balaban J connectivity index is 1.97. The Kier molecular flexibility index (Phi) is 2.78. The van der Waals surface area contributed by atoms with Gasteiger partial charge in [-0.25, -0.2) is 4.79 Å². The summed E-state index contributed by atoms with van der Waals surface area (Å²) in [6, 6.07) is 0. The van der Waals surface area contributed by atoms with Gasteiger partial charge >= 0.3 is 5.69 Å². The molecule has 0 amide bonds. The summed E-state index contributed by atoms with van der Waals surface area (Å²) in [6.45, 7) is 0.868. The van der Waals surface area contributed by atoms with Gasteiger partial charge in [0, 0.05) is 24.2 Å². The summed E-state index contributed by atoms with van der Waals surface area (Å²) in [5.41, 5.74) is 0.0196. The van der Waals surface area contributed by atoms with Crippen molar-refractivity contribution in [3.63, 3.8) is 0 Å². The van der Waals surface area contributed by atoms with Crippen molar-refractivity contribution in [3.8, 4) is 0 Å². The van der Waals surface area contributed by atoms with Crippen molar-refractivity contribution in [2.75, 3.05) is 5.75 Å². The van der Waals surface area contributed by atoms with Gasteiger partial charge in [0.05, 0.1) is 0 Å². The Morgan fingerprint density at radius 3 is 3.15 bits per heavy atom. The minimum Gasteiger partial charge on any atom is -0.313 e. The maximum absolute atomic E-state index is 11.2. The van der Waals surface area contributed by atoms with Crippen LogP contribution in [0.25, 0.3) is 0 Å². The van der Waals surface area contributed by atoms with Crippen molar-refractivity contribution in [1.29, 1.82) is 0 Å². The fourth-order valence-corrected chi connectivity index (χ4v) is 2.97. The van der Waals surface area contributed by atoms with Gasteiger partial charge in [0.2, 0.25) is 0 Å². The Labute approximate surface area is 81.5 Å². The Morgan fingerprint density at radius 2 is 2.54 bits per heavy atom. The third-order valence-corrected chi connectivity index (χ3v) is 3.78. The monoisotopic (exact) mass is 198 g/mol. The molecule has 1 aromatic heterocycles. The van der Waals surface area contributed by atoms with Crippen LogP contribution in [-0.4, -0.2) is 20.6 Å². The molecule has 1 aromatic rings. The van der Waals surface area contributed by atoms with Crippen molar-refractivity contribution < 1.29 is 0 Å². The van der Waals surface area contributed by atoms with Gasteiger partial charge < -0.3 is 4.98 Å². The summed E-state index contributed by atoms with van der Waals surface area (Å²) in [4.78, 5) is 13.8. The van der Waals surface area contributed by atoms with Gasteiger partial charge in [-0.1, -0.05) is 6.42 Å². The standard InChI is InChI=1S/C9H14N2OS/c12-9-10-4-5-11(9)7-8-3-1-2-6-13-8/h4-5,8H,1-3,6-7H2,(H,10,12). The third kappa shape index (κ3) is 2.18. The molecule has 0 aliphatic carbocycles. The van der Waals surface area contributed by atoms with Gasteiger partial charge in [0.1, 0.15) is 0 Å². The molecule has 3 nitrogen and oxygen atoms in total. The van der Waals surface area contributed by atoms with Crippen LogP contribution in [0, 0.1) is 0 Å². The largest absolute Gasteiger partial charge is 0.325 e. The number of thioether (sulfide) groups is 1. The summed E-state index contributed by atoms with van der Waals surface area (Å²) in [7, 11) is 0. The minimum absolute atomic E-state index is 0.0196. The lowest BCUT2D eigenvalue weighted by molar-refractivity contribution is 0.573. The first-order valence-corrected chi connectivity index (χ1v) is 5.76. The molecule has 1 saturated heterocycles. The minimum atomic E-state index is 0.0196. The number of nitrogens with zero attached hydrogens (tertiary/aromatic N) is 1. The maximum Gasteiger partial charge on any atom is 0.325 e. The highest BCUT2D eigenvalue weighted by molar-refractivity contribution is 7.99. The van der Waals surface area contributed by atoms with Crippen LogP contribution in [0.5, 0.6) is 0 Å². The van der Waals surface area contributed by atoms with E-state index in [1.165, 1.54) is 25.0 Å². The van der Waals surface area contributed by atoms with Gasteiger partial charge in [-0.05, 0) is 18.6 Å². The predicted molar refractivity (Wildman–Crippen MR) is 55.1 cm³/mol. The predicted octanol–water partition coefficient (Wildman–Crippen LogP) is 1.46. The Morgan fingerprint density at radius 1 is 1.62 bits per heavy atom. The molecular weight excluding hydrogens is 184 g/mol. The zero-order valence-corrected chi connectivity index (χ0v) is 8.35. The van der Waals surface area contributed by atoms with Crippen LogP contribution in [0.15, 0.2) is 17.2 Å². The van der Waals surface area contributed by atoms with Crippen LogP contribution in [-0.2, 0) is 6.54 Å². The van der Waals surface area contributed by atoms with Gasteiger partial charge in [0.15, 0.2) is 0 Å². The van der Waals surface area contributed by atoms with E-state index in [4.69, 9.17) is 0 Å². The molecular formula is C9H14N2OS. The van der Waals surface area contributed by atoms with Gasteiger partial charge in [-0.15, -0.1) is 0 Å². The molecule has 0 radical (unpaired) electrons. The van der Waals surface area contributed by atoms with Gasteiger partial charge in [-0.3, -0.25) is 4.57 Å². The van der Waals surface area contributed by atoms with Crippen molar-refractivity contribution in [3.05, 3.63) is 22.9 Å². The fourth-order valence-electron chi connectivity index (χ4n) is 1.66. The van der Waals surface area contributed by atoms with E-state index in [0.717, 1.165) is 6.54 Å². The molecule has 1 aliphatic heterocycles. The summed E-state index contributed by atoms with van der Waals surface area (Å²) in [5, 5.41) is 0.641. The van der Waals surface area contributed by atoms with Crippen LogP contribution in [0.2, 0.25) is 0 Å². The maximum atomic E-state index is 11.2. The fraction of sp³-hybridized carbons (Fsp3) is 0.667. The molecule has 13 heavy (non-hydrogen) atoms. The number of nitrogens with one attached hydrogen (secondary N) is 1. The van der Waals surface area contributed by atoms with E-state index in [1.807, 2.05) is 18.0 Å². The number of imidazole rings is 1. The molecule has 1 atom stereocenters. The first-order valence-electron chi connectivity index (χ1n) is 4.72. The van der Waals surface area contributed by atoms with E-state index < -0.39 is 0 Å². The van der Waals surface area contributed by atoms with Crippen LogP contribution >= 0.6 is 11.8 Å². The first kappa shape index (κ1) is 8.94. The second-order valence-electron chi connectivity index (χ2n) is 3.41. The third-order valence-electron chi connectivity index (χ3n) is 2.40. The highest BCUT2D eigenvalue weighted by atomic mass is 32.2. The van der Waals surface area contributed by atoms with Crippen LogP contribution in [0.3, 0.4) is 0 Å². The van der Waals surface area contributed by atoms with E-state index in [1.54, 1.807) is 10.8 Å². The Bertz CT molecular complexity index is 311. The summed E-state index contributed by atoms with van der Waals surface area (Å²) in [5.74, 6) is 1.25. The number of H-pyrrole nitrogens is 1. The highest BCUT2D eigenvalue weighted by Gasteiger charge is 2.14. The van der Waals surface area contributed by atoms with Gasteiger partial charge in [0.25, 0.3) is 0 Å². The molecule has 1 N–H and O–H groups in total. The van der Waals surface area contributed by atoms with E-state index in [0.29, 0.717) is 5.25 Å². The number of rotatable bonds is 2. The van der Waals surface area contributed by atoms with Crippen molar-refractivity contribution in [2.45, 2.75) is 31.1 Å². The highest BCUT2D eigenvalue weighted by Crippen LogP contribution is 2.25. The molecule has 4 heteroatoms. The average molecular weight is 198 g/mol. The number of aromatic amines is 1. The lowest BCUT2D eigenvalue weighted by Crippen LogP contribution is -2.24. The second kappa shape index (κ2) is 4.05. The number of hydrogen-bond acceptors (Lipinski definition) is 2. The average Bonchev–Trinajstić information content (AvgIpc) is 2.54. The Hall–Kier alpha value is -0.640. The zero-order chi connectivity index (χ0) is 9.10. The smallest absolute Gasteiger partial charge is 0.313 e. The topological polar surface area (TPSA) is 37.8 Å². The lowest BCUT2D eigenvalue weighted by Gasteiger charge is -2.20. The first-order chi connectivity index (χ1) is 6.36. The summed E-state index contributed by atoms with van der Waals surface area (Å²) < 4.78 is 1.77. The van der Waals surface area contributed by atoms with Crippen molar-refractivity contribution in [2.24, 2.45) is 0 Å². The SMILES string of the molecule is O=c1[nH]ccn1CC1CCCCS1. The van der Waals surface area contributed by atoms with E-state index in [2.05, 4.69) is 4.98 Å². The van der Waals surface area contributed by atoms with Crippen molar-refractivity contribution in [1.82, 2.24) is 9.55 Å². The zero-order valence-electron chi connectivity index (χ0n) is 7.53. The molecule has 2 heterocycles. The van der Waals surface area contributed by atoms with Crippen LogP contribution < -0.4 is 5.69 Å². The van der Waals surface area contributed by atoms with Crippen LogP contribution in [0.4, 0.5) is 0 Å². The molecule has 72 valence electrons. The molecule has 1 aliphatic rings. The molecule has 1 unspecified atom stereocenters. The molecule has 0 saturated carbocycles. The molecule has 2 rings (SSSR count). The van der Waals surface area contributed by atoms with Gasteiger partial charge in [-0.2, -0.15) is 11.8 Å². The van der Waals surface area contributed by atoms with E-state index >= 15 is 0 Å². The summed E-state index contributed by atoms with van der Waals surface area (Å²) in [6.07, 6.45) is 7.44.